The van der Waals surface area contributed by atoms with Crippen molar-refractivity contribution in [2.24, 2.45) is 0 Å². The second-order valence-electron chi connectivity index (χ2n) is 4.73. The molecular weight excluding hydrogens is 274 g/mol. The van der Waals surface area contributed by atoms with Gasteiger partial charge in [-0.15, -0.1) is 22.9 Å². The van der Waals surface area contributed by atoms with Crippen LogP contribution in [0.5, 0.6) is 0 Å². The largest absolute Gasteiger partial charge is 0.327 e. The van der Waals surface area contributed by atoms with Gasteiger partial charge in [-0.2, -0.15) is 0 Å². The van der Waals surface area contributed by atoms with E-state index >= 15 is 0 Å². The van der Waals surface area contributed by atoms with E-state index in [9.17, 15) is 9.59 Å². The van der Waals surface area contributed by atoms with Gasteiger partial charge in [0.25, 0.3) is 0 Å². The maximum Gasteiger partial charge on any atom is 0.327 e. The van der Waals surface area contributed by atoms with Gasteiger partial charge >= 0.3 is 6.03 Å². The van der Waals surface area contributed by atoms with Crippen LogP contribution in [0.3, 0.4) is 0 Å². The molecular formula is C11H16ClN3O2S. The van der Waals surface area contributed by atoms with Crippen molar-refractivity contribution >= 4 is 40.0 Å². The fourth-order valence-electron chi connectivity index (χ4n) is 1.08. The highest BCUT2D eigenvalue weighted by atomic mass is 35.5. The van der Waals surface area contributed by atoms with Gasteiger partial charge in [-0.3, -0.25) is 15.4 Å². The zero-order valence-corrected chi connectivity index (χ0v) is 12.1. The van der Waals surface area contributed by atoms with Gasteiger partial charge in [0, 0.05) is 23.1 Å². The molecule has 0 saturated heterocycles. The number of rotatable bonds is 3. The molecule has 0 aromatic carbocycles. The van der Waals surface area contributed by atoms with Crippen LogP contribution in [0.15, 0.2) is 5.38 Å². The number of thiazole rings is 1. The van der Waals surface area contributed by atoms with Gasteiger partial charge in [-0.25, -0.2) is 9.78 Å². The Morgan fingerprint density at radius 1 is 1.44 bits per heavy atom. The predicted molar refractivity (Wildman–Crippen MR) is 73.3 cm³/mol. The second kappa shape index (κ2) is 6.15. The van der Waals surface area contributed by atoms with Gasteiger partial charge < -0.3 is 0 Å². The Morgan fingerprint density at radius 3 is 2.61 bits per heavy atom. The monoisotopic (exact) mass is 289 g/mol. The predicted octanol–water partition coefficient (Wildman–Crippen LogP) is 2.72. The Kier molecular flexibility index (Phi) is 5.10. The molecule has 0 aliphatic carbocycles. The molecule has 0 atom stereocenters. The van der Waals surface area contributed by atoms with E-state index in [1.165, 1.54) is 11.3 Å². The van der Waals surface area contributed by atoms with E-state index in [0.717, 1.165) is 5.69 Å². The third-order valence-electron chi connectivity index (χ3n) is 2.07. The minimum absolute atomic E-state index is 0.0681. The summed E-state index contributed by atoms with van der Waals surface area (Å²) < 4.78 is 0. The van der Waals surface area contributed by atoms with Crippen LogP contribution in [0.1, 0.15) is 32.9 Å². The van der Waals surface area contributed by atoms with Crippen molar-refractivity contribution in [3.8, 4) is 0 Å². The summed E-state index contributed by atoms with van der Waals surface area (Å²) in [6.45, 7) is 6.11. The molecule has 1 aromatic rings. The second-order valence-corrected chi connectivity index (χ2v) is 5.97. The lowest BCUT2D eigenvalue weighted by atomic mass is 9.93. The molecule has 0 radical (unpaired) electrons. The molecule has 1 heterocycles. The van der Waals surface area contributed by atoms with E-state index in [1.807, 2.05) is 26.2 Å². The molecule has 0 saturated carbocycles. The van der Waals surface area contributed by atoms with Crippen LogP contribution in [0.2, 0.25) is 0 Å². The summed E-state index contributed by atoms with van der Waals surface area (Å²) in [5.74, 6) is -0.222. The van der Waals surface area contributed by atoms with Gasteiger partial charge in [-0.05, 0) is 0 Å². The van der Waals surface area contributed by atoms with Crippen molar-refractivity contribution in [2.75, 3.05) is 11.2 Å². The van der Waals surface area contributed by atoms with E-state index in [2.05, 4.69) is 15.6 Å². The third-order valence-corrected chi connectivity index (χ3v) is 3.01. The Balaban J connectivity index is 2.55. The summed E-state index contributed by atoms with van der Waals surface area (Å²) in [6, 6.07) is -0.583. The maximum absolute atomic E-state index is 11.4. The fraction of sp³-hybridized carbons (Fsp3) is 0.545. The summed E-state index contributed by atoms with van der Waals surface area (Å²) in [5, 5.41) is 7.04. The molecule has 0 unspecified atom stereocenters. The topological polar surface area (TPSA) is 71.1 Å². The number of carbonyl (C=O) groups is 2. The summed E-state index contributed by atoms with van der Waals surface area (Å²) in [7, 11) is 0. The fourth-order valence-corrected chi connectivity index (χ4v) is 2.18. The van der Waals surface area contributed by atoms with E-state index < -0.39 is 11.9 Å². The number of hydrogen-bond donors (Lipinski definition) is 2. The highest BCUT2D eigenvalue weighted by Crippen LogP contribution is 2.26. The van der Waals surface area contributed by atoms with Gasteiger partial charge in [0.2, 0.25) is 5.91 Å². The maximum atomic E-state index is 11.4. The van der Waals surface area contributed by atoms with Crippen molar-refractivity contribution in [3.05, 3.63) is 11.1 Å². The third kappa shape index (κ3) is 4.62. The van der Waals surface area contributed by atoms with Crippen LogP contribution >= 0.6 is 22.9 Å². The number of hydrogen-bond acceptors (Lipinski definition) is 4. The molecule has 0 fully saturated rings. The summed E-state index contributed by atoms with van der Waals surface area (Å²) >= 11 is 6.72. The Labute approximate surface area is 115 Å². The minimum Gasteiger partial charge on any atom is -0.283 e. The lowest BCUT2D eigenvalue weighted by Gasteiger charge is -2.14. The Bertz CT molecular complexity index is 440. The molecule has 3 amide bonds. The molecule has 0 aliphatic rings. The van der Waals surface area contributed by atoms with Crippen molar-refractivity contribution < 1.29 is 9.59 Å². The molecule has 2 N–H and O–H groups in total. The first-order chi connectivity index (χ1) is 8.32. The summed E-state index contributed by atoms with van der Waals surface area (Å²) in [4.78, 5) is 26.9. The number of amides is 3. The molecule has 0 spiro atoms. The van der Waals surface area contributed by atoms with Gasteiger partial charge in [-0.1, -0.05) is 20.8 Å². The van der Waals surface area contributed by atoms with Gasteiger partial charge in [0.15, 0.2) is 5.13 Å². The van der Waals surface area contributed by atoms with Gasteiger partial charge in [0.1, 0.15) is 0 Å². The van der Waals surface area contributed by atoms with Crippen molar-refractivity contribution in [3.63, 3.8) is 0 Å². The number of aromatic nitrogens is 1. The van der Waals surface area contributed by atoms with Crippen LogP contribution in [0, 0.1) is 0 Å². The number of imide groups is 1. The quantitative estimate of drug-likeness (QED) is 0.841. The Hall–Kier alpha value is -1.14. The number of nitrogens with zero attached hydrogens (tertiary/aromatic N) is 1. The molecule has 1 aromatic heterocycles. The normalized spacial score (nSPS) is 11.1. The average Bonchev–Trinajstić information content (AvgIpc) is 2.65. The van der Waals surface area contributed by atoms with Crippen LogP contribution in [0.25, 0.3) is 0 Å². The molecule has 18 heavy (non-hydrogen) atoms. The first-order valence-electron chi connectivity index (χ1n) is 5.45. The molecule has 7 heteroatoms. The summed E-state index contributed by atoms with van der Waals surface area (Å²) in [6.07, 6.45) is 0.111. The van der Waals surface area contributed by atoms with Crippen LogP contribution in [0.4, 0.5) is 9.93 Å². The van der Waals surface area contributed by atoms with Crippen LogP contribution < -0.4 is 10.6 Å². The highest BCUT2D eigenvalue weighted by molar-refractivity contribution is 7.13. The standard InChI is InChI=1S/C11H16ClN3O2S/c1-11(2,3)7-6-18-10(13-7)15-9(17)14-8(16)4-5-12/h6H,4-5H2,1-3H3,(H2,13,14,15,16,17). The van der Waals surface area contributed by atoms with E-state index in [4.69, 9.17) is 11.6 Å². The van der Waals surface area contributed by atoms with Crippen LogP contribution in [-0.4, -0.2) is 22.8 Å². The zero-order chi connectivity index (χ0) is 13.8. The minimum atomic E-state index is -0.583. The average molecular weight is 290 g/mol. The number of halogens is 1. The molecule has 1 rings (SSSR count). The zero-order valence-electron chi connectivity index (χ0n) is 10.5. The lowest BCUT2D eigenvalue weighted by molar-refractivity contribution is -0.119. The first kappa shape index (κ1) is 14.9. The SMILES string of the molecule is CC(C)(C)c1csc(NC(=O)NC(=O)CCCl)n1. The number of carbonyl (C=O) groups excluding carboxylic acids is 2. The van der Waals surface area contributed by atoms with Crippen molar-refractivity contribution in [1.29, 1.82) is 0 Å². The van der Waals surface area contributed by atoms with Crippen LogP contribution in [-0.2, 0) is 10.2 Å². The molecule has 5 nitrogen and oxygen atoms in total. The van der Waals surface area contributed by atoms with Gasteiger partial charge in [0.05, 0.1) is 5.69 Å². The molecule has 100 valence electrons. The number of anilines is 1. The molecule has 0 aliphatic heterocycles. The smallest absolute Gasteiger partial charge is 0.283 e. The van der Waals surface area contributed by atoms with Crippen molar-refractivity contribution in [1.82, 2.24) is 10.3 Å². The lowest BCUT2D eigenvalue weighted by Crippen LogP contribution is -2.34. The number of urea groups is 1. The number of nitrogens with one attached hydrogen (secondary N) is 2. The Morgan fingerprint density at radius 2 is 2.11 bits per heavy atom. The van der Waals surface area contributed by atoms with Crippen molar-refractivity contribution in [2.45, 2.75) is 32.6 Å². The first-order valence-corrected chi connectivity index (χ1v) is 6.87. The van der Waals surface area contributed by atoms with E-state index in [0.29, 0.717) is 5.13 Å². The van der Waals surface area contributed by atoms with E-state index in [-0.39, 0.29) is 17.7 Å². The molecule has 0 bridgehead atoms. The number of alkyl halides is 1. The summed E-state index contributed by atoms with van der Waals surface area (Å²) in [5.41, 5.74) is 0.830. The highest BCUT2D eigenvalue weighted by Gasteiger charge is 2.18. The van der Waals surface area contributed by atoms with E-state index in [1.54, 1.807) is 0 Å².